The molecule has 2 rings (SSSR count). The van der Waals surface area contributed by atoms with E-state index in [0.29, 0.717) is 0 Å². The lowest BCUT2D eigenvalue weighted by Crippen LogP contribution is -1.96. The Morgan fingerprint density at radius 3 is 2.59 bits per heavy atom. The van der Waals surface area contributed by atoms with Gasteiger partial charge in [0.05, 0.1) is 19.6 Å². The van der Waals surface area contributed by atoms with Crippen LogP contribution in [0.2, 0.25) is 0 Å². The Kier molecular flexibility index (Phi) is 3.92. The molecule has 0 aliphatic rings. The number of methoxy groups -OCH3 is 2. The monoisotopic (exact) mass is 268 g/mol. The first-order valence-electron chi connectivity index (χ1n) is 5.15. The molecule has 0 radical (unpaired) electrons. The number of hydrogen-bond acceptors (Lipinski definition) is 3. The van der Waals surface area contributed by atoms with Gasteiger partial charge < -0.3 is 9.47 Å². The molecule has 0 saturated heterocycles. The van der Waals surface area contributed by atoms with Crippen LogP contribution in [0.25, 0.3) is 0 Å². The zero-order valence-electron chi connectivity index (χ0n) is 9.64. The summed E-state index contributed by atoms with van der Waals surface area (Å²) in [7, 11) is 3.27. The van der Waals surface area contributed by atoms with Crippen molar-refractivity contribution in [2.75, 3.05) is 14.2 Å². The van der Waals surface area contributed by atoms with E-state index in [1.54, 1.807) is 25.6 Å². The predicted octanol–water partition coefficient (Wildman–Crippen LogP) is 4.09. The Morgan fingerprint density at radius 2 is 2.00 bits per heavy atom. The van der Waals surface area contributed by atoms with Crippen LogP contribution >= 0.6 is 22.9 Å². The van der Waals surface area contributed by atoms with Gasteiger partial charge in [0, 0.05) is 16.5 Å². The summed E-state index contributed by atoms with van der Waals surface area (Å²) in [5.74, 6) is 1.51. The number of alkyl halides is 1. The molecule has 0 saturated carbocycles. The molecule has 1 atom stereocenters. The molecular weight excluding hydrogens is 256 g/mol. The van der Waals surface area contributed by atoms with Gasteiger partial charge in [0.25, 0.3) is 0 Å². The Bertz CT molecular complexity index is 482. The summed E-state index contributed by atoms with van der Waals surface area (Å²) in [5, 5.41) is 1.83. The van der Waals surface area contributed by atoms with Crippen molar-refractivity contribution in [3.05, 3.63) is 46.2 Å². The molecule has 0 aliphatic heterocycles. The largest absolute Gasteiger partial charge is 0.497 e. The molecule has 4 heteroatoms. The maximum absolute atomic E-state index is 6.44. The number of hydrogen-bond donors (Lipinski definition) is 0. The van der Waals surface area contributed by atoms with Crippen molar-refractivity contribution < 1.29 is 9.47 Å². The third-order valence-electron chi connectivity index (χ3n) is 2.51. The molecule has 0 N–H and O–H groups in total. The second-order valence-corrected chi connectivity index (χ2v) is 4.90. The van der Waals surface area contributed by atoms with Gasteiger partial charge in [-0.25, -0.2) is 0 Å². The van der Waals surface area contributed by atoms with Gasteiger partial charge in [-0.1, -0.05) is 6.07 Å². The SMILES string of the molecule is COc1ccc(C(Cl)c2cccs2)c(OC)c1. The van der Waals surface area contributed by atoms with Crippen LogP contribution < -0.4 is 9.47 Å². The van der Waals surface area contributed by atoms with Crippen LogP contribution in [-0.4, -0.2) is 14.2 Å². The highest BCUT2D eigenvalue weighted by molar-refractivity contribution is 7.10. The minimum atomic E-state index is -0.184. The molecule has 0 aliphatic carbocycles. The highest BCUT2D eigenvalue weighted by atomic mass is 35.5. The van der Waals surface area contributed by atoms with Gasteiger partial charge in [0.1, 0.15) is 11.5 Å². The first-order chi connectivity index (χ1) is 8.26. The smallest absolute Gasteiger partial charge is 0.127 e. The average molecular weight is 269 g/mol. The van der Waals surface area contributed by atoms with Gasteiger partial charge in [0.15, 0.2) is 0 Å². The third kappa shape index (κ3) is 2.56. The highest BCUT2D eigenvalue weighted by Crippen LogP contribution is 2.38. The van der Waals surface area contributed by atoms with Crippen LogP contribution in [0.1, 0.15) is 15.8 Å². The summed E-state index contributed by atoms with van der Waals surface area (Å²) in [6, 6.07) is 9.69. The molecule has 0 fully saturated rings. The van der Waals surface area contributed by atoms with Crippen LogP contribution in [0, 0.1) is 0 Å². The Morgan fingerprint density at radius 1 is 1.18 bits per heavy atom. The molecule has 90 valence electrons. The van der Waals surface area contributed by atoms with Crippen molar-refractivity contribution in [3.63, 3.8) is 0 Å². The molecule has 0 spiro atoms. The molecule has 2 aromatic rings. The van der Waals surface area contributed by atoms with Gasteiger partial charge >= 0.3 is 0 Å². The van der Waals surface area contributed by atoms with Gasteiger partial charge in [-0.2, -0.15) is 0 Å². The maximum Gasteiger partial charge on any atom is 0.127 e. The molecule has 1 aromatic carbocycles. The molecule has 17 heavy (non-hydrogen) atoms. The second-order valence-electron chi connectivity index (χ2n) is 3.49. The summed E-state index contributed by atoms with van der Waals surface area (Å²) >= 11 is 8.08. The van der Waals surface area contributed by atoms with Crippen molar-refractivity contribution in [1.29, 1.82) is 0 Å². The van der Waals surface area contributed by atoms with Crippen molar-refractivity contribution in [3.8, 4) is 11.5 Å². The third-order valence-corrected chi connectivity index (χ3v) is 4.04. The Labute approximate surface area is 110 Å². The molecule has 2 nitrogen and oxygen atoms in total. The normalized spacial score (nSPS) is 12.2. The summed E-state index contributed by atoms with van der Waals surface area (Å²) in [6.45, 7) is 0. The fourth-order valence-electron chi connectivity index (χ4n) is 1.62. The Balaban J connectivity index is 2.38. The van der Waals surface area contributed by atoms with Gasteiger partial charge in [0.2, 0.25) is 0 Å². The lowest BCUT2D eigenvalue weighted by molar-refractivity contribution is 0.391. The minimum absolute atomic E-state index is 0.184. The molecular formula is C13H13ClO2S. The zero-order valence-corrected chi connectivity index (χ0v) is 11.2. The molecule has 1 unspecified atom stereocenters. The standard InChI is InChI=1S/C13H13ClO2S/c1-15-9-5-6-10(11(8-9)16-2)13(14)12-4-3-7-17-12/h3-8,13H,1-2H3. The fourth-order valence-corrected chi connectivity index (χ4v) is 2.74. The van der Waals surface area contributed by atoms with Crippen LogP contribution in [0.4, 0.5) is 0 Å². The van der Waals surface area contributed by atoms with E-state index in [2.05, 4.69) is 0 Å². The van der Waals surface area contributed by atoms with Gasteiger partial charge in [-0.3, -0.25) is 0 Å². The van der Waals surface area contributed by atoms with Crippen LogP contribution in [-0.2, 0) is 0 Å². The average Bonchev–Trinajstić information content (AvgIpc) is 2.91. The van der Waals surface area contributed by atoms with Crippen molar-refractivity contribution >= 4 is 22.9 Å². The topological polar surface area (TPSA) is 18.5 Å². The molecule has 1 aromatic heterocycles. The number of benzene rings is 1. The van der Waals surface area contributed by atoms with E-state index >= 15 is 0 Å². The summed E-state index contributed by atoms with van der Waals surface area (Å²) in [6.07, 6.45) is 0. The van der Waals surface area contributed by atoms with Crippen molar-refractivity contribution in [1.82, 2.24) is 0 Å². The molecule has 0 bridgehead atoms. The fraction of sp³-hybridized carbons (Fsp3) is 0.231. The van der Waals surface area contributed by atoms with Crippen molar-refractivity contribution in [2.24, 2.45) is 0 Å². The van der Waals surface area contributed by atoms with Crippen LogP contribution in [0.15, 0.2) is 35.7 Å². The summed E-state index contributed by atoms with van der Waals surface area (Å²) in [5.41, 5.74) is 0.956. The highest BCUT2D eigenvalue weighted by Gasteiger charge is 2.17. The zero-order chi connectivity index (χ0) is 12.3. The number of thiophene rings is 1. The first-order valence-corrected chi connectivity index (χ1v) is 6.47. The number of halogens is 1. The number of ether oxygens (including phenoxy) is 2. The quantitative estimate of drug-likeness (QED) is 0.778. The van der Waals surface area contributed by atoms with E-state index in [4.69, 9.17) is 21.1 Å². The summed E-state index contributed by atoms with van der Waals surface area (Å²) in [4.78, 5) is 1.11. The molecule has 0 amide bonds. The van der Waals surface area contributed by atoms with Gasteiger partial charge in [-0.15, -0.1) is 22.9 Å². The van der Waals surface area contributed by atoms with E-state index in [9.17, 15) is 0 Å². The lowest BCUT2D eigenvalue weighted by atomic mass is 10.1. The Hall–Kier alpha value is -1.19. The minimum Gasteiger partial charge on any atom is -0.497 e. The molecule has 1 heterocycles. The maximum atomic E-state index is 6.44. The lowest BCUT2D eigenvalue weighted by Gasteiger charge is -2.13. The second kappa shape index (κ2) is 5.43. The first kappa shape index (κ1) is 12.3. The number of rotatable bonds is 4. The predicted molar refractivity (Wildman–Crippen MR) is 71.6 cm³/mol. The van der Waals surface area contributed by atoms with E-state index in [0.717, 1.165) is 21.9 Å². The van der Waals surface area contributed by atoms with Gasteiger partial charge in [-0.05, 0) is 23.6 Å². The van der Waals surface area contributed by atoms with Crippen LogP contribution in [0.5, 0.6) is 11.5 Å². The van der Waals surface area contributed by atoms with E-state index in [-0.39, 0.29) is 5.38 Å². The van der Waals surface area contributed by atoms with Crippen LogP contribution in [0.3, 0.4) is 0 Å². The van der Waals surface area contributed by atoms with E-state index in [1.165, 1.54) is 0 Å². The summed E-state index contributed by atoms with van der Waals surface area (Å²) < 4.78 is 10.5. The van der Waals surface area contributed by atoms with E-state index in [1.807, 2.05) is 35.7 Å². The van der Waals surface area contributed by atoms with Crippen molar-refractivity contribution in [2.45, 2.75) is 5.38 Å². The van der Waals surface area contributed by atoms with E-state index < -0.39 is 0 Å².